The van der Waals surface area contributed by atoms with Crippen LogP contribution in [0, 0.1) is 6.92 Å². The molecule has 0 aliphatic heterocycles. The topological polar surface area (TPSA) is 140 Å². The second-order valence-electron chi connectivity index (χ2n) is 6.98. The molecule has 0 bridgehead atoms. The molecule has 0 unspecified atom stereocenters. The molecule has 0 aliphatic rings. The zero-order valence-electron chi connectivity index (χ0n) is 17.0. The van der Waals surface area contributed by atoms with E-state index in [9.17, 15) is 13.2 Å². The average Bonchev–Trinajstić information content (AvgIpc) is 3.14. The molecule has 4 rings (SSSR count). The summed E-state index contributed by atoms with van der Waals surface area (Å²) in [5.74, 6) is -0.139. The van der Waals surface area contributed by atoms with E-state index in [0.29, 0.717) is 28.0 Å². The van der Waals surface area contributed by atoms with E-state index < -0.39 is 10.0 Å². The molecule has 2 aromatic heterocycles. The van der Waals surface area contributed by atoms with Crippen molar-refractivity contribution in [3.05, 3.63) is 77.8 Å². The van der Waals surface area contributed by atoms with Crippen molar-refractivity contribution in [3.63, 3.8) is 0 Å². The van der Waals surface area contributed by atoms with Gasteiger partial charge in [-0.25, -0.2) is 13.4 Å². The van der Waals surface area contributed by atoms with Crippen molar-refractivity contribution in [2.75, 3.05) is 15.8 Å². The number of aryl methyl sites for hydroxylation is 1. The van der Waals surface area contributed by atoms with Crippen LogP contribution in [0.25, 0.3) is 22.2 Å². The molecule has 4 N–H and O–H groups in total. The Labute approximate surface area is 184 Å². The van der Waals surface area contributed by atoms with Crippen LogP contribution in [0.1, 0.15) is 16.1 Å². The van der Waals surface area contributed by atoms with E-state index in [1.807, 2.05) is 25.1 Å². The molecule has 0 radical (unpaired) electrons. The number of nitrogen functional groups attached to an aromatic ring is 1. The van der Waals surface area contributed by atoms with Gasteiger partial charge in [0.05, 0.1) is 5.39 Å². The molecule has 0 saturated carbocycles. The lowest BCUT2D eigenvalue weighted by molar-refractivity contribution is 0.102. The molecular weight excluding hydrogens is 430 g/mol. The zero-order valence-corrected chi connectivity index (χ0v) is 17.8. The molecule has 0 saturated heterocycles. The standard InChI is InChI=1S/C22H19N5O4S/c1-3-32(29,30)27-17-10-6-15(7-11-17)22(28)25-16-8-4-14(5-9-16)18-12-13(2)24-21-19(18)20(23)31-26-21/h3-12,27H,1,23H2,2H3,(H,25,28). The fourth-order valence-electron chi connectivity index (χ4n) is 3.16. The first-order chi connectivity index (χ1) is 15.3. The minimum atomic E-state index is -3.60. The van der Waals surface area contributed by atoms with Crippen molar-refractivity contribution in [2.24, 2.45) is 0 Å². The number of hydrogen-bond donors (Lipinski definition) is 3. The Morgan fingerprint density at radius 1 is 1.09 bits per heavy atom. The fourth-order valence-corrected chi connectivity index (χ4v) is 3.71. The summed E-state index contributed by atoms with van der Waals surface area (Å²) >= 11 is 0. The van der Waals surface area contributed by atoms with Gasteiger partial charge in [0.25, 0.3) is 15.9 Å². The van der Waals surface area contributed by atoms with Gasteiger partial charge < -0.3 is 15.6 Å². The number of amides is 1. The van der Waals surface area contributed by atoms with E-state index in [2.05, 4.69) is 26.8 Å². The maximum absolute atomic E-state index is 12.5. The lowest BCUT2D eigenvalue weighted by Gasteiger charge is -2.09. The van der Waals surface area contributed by atoms with E-state index in [-0.39, 0.29) is 11.8 Å². The molecule has 162 valence electrons. The molecule has 9 nitrogen and oxygen atoms in total. The average molecular weight is 449 g/mol. The Morgan fingerprint density at radius 2 is 1.75 bits per heavy atom. The molecule has 1 amide bonds. The summed E-state index contributed by atoms with van der Waals surface area (Å²) in [4.78, 5) is 16.9. The third-order valence-corrected chi connectivity index (χ3v) is 5.64. The van der Waals surface area contributed by atoms with Gasteiger partial charge >= 0.3 is 0 Å². The first kappa shape index (κ1) is 21.1. The van der Waals surface area contributed by atoms with E-state index in [1.54, 1.807) is 12.1 Å². The minimum Gasteiger partial charge on any atom is -0.367 e. The second kappa shape index (κ2) is 8.16. The number of rotatable bonds is 6. The van der Waals surface area contributed by atoms with E-state index in [0.717, 1.165) is 22.2 Å². The van der Waals surface area contributed by atoms with Crippen molar-refractivity contribution in [3.8, 4) is 11.1 Å². The Morgan fingerprint density at radius 3 is 2.41 bits per heavy atom. The fraction of sp³-hybridized carbons (Fsp3) is 0.0455. The summed E-state index contributed by atoms with van der Waals surface area (Å²) in [6, 6.07) is 15.2. The Bertz CT molecular complexity index is 1430. The van der Waals surface area contributed by atoms with Crippen LogP contribution < -0.4 is 15.8 Å². The van der Waals surface area contributed by atoms with Gasteiger partial charge in [0.2, 0.25) is 11.5 Å². The molecule has 32 heavy (non-hydrogen) atoms. The van der Waals surface area contributed by atoms with Crippen molar-refractivity contribution in [1.29, 1.82) is 0 Å². The number of sulfonamides is 1. The lowest BCUT2D eigenvalue weighted by Crippen LogP contribution is -2.12. The van der Waals surface area contributed by atoms with Crippen LogP contribution in [0.4, 0.5) is 17.3 Å². The molecule has 10 heteroatoms. The molecule has 4 aromatic rings. The number of fused-ring (bicyclic) bond motifs is 1. The van der Waals surface area contributed by atoms with Crippen molar-refractivity contribution >= 4 is 44.2 Å². The highest BCUT2D eigenvalue weighted by Crippen LogP contribution is 2.33. The van der Waals surface area contributed by atoms with Gasteiger partial charge in [-0.15, -0.1) is 0 Å². The van der Waals surface area contributed by atoms with Crippen LogP contribution in [0.5, 0.6) is 0 Å². The van der Waals surface area contributed by atoms with E-state index >= 15 is 0 Å². The van der Waals surface area contributed by atoms with Gasteiger partial charge in [0.1, 0.15) is 0 Å². The van der Waals surface area contributed by atoms with Crippen LogP contribution in [-0.2, 0) is 10.0 Å². The first-order valence-corrected chi connectivity index (χ1v) is 11.0. The van der Waals surface area contributed by atoms with Gasteiger partial charge in [-0.2, -0.15) is 0 Å². The maximum Gasteiger partial charge on any atom is 0.255 e. The van der Waals surface area contributed by atoms with Gasteiger partial charge in [-0.3, -0.25) is 9.52 Å². The molecular formula is C22H19N5O4S. The van der Waals surface area contributed by atoms with Crippen LogP contribution in [-0.4, -0.2) is 24.5 Å². The Balaban J connectivity index is 1.52. The highest BCUT2D eigenvalue weighted by molar-refractivity contribution is 7.95. The molecule has 2 heterocycles. The monoisotopic (exact) mass is 449 g/mol. The third-order valence-electron chi connectivity index (χ3n) is 4.69. The third kappa shape index (κ3) is 4.30. The Kier molecular flexibility index (Phi) is 5.37. The van der Waals surface area contributed by atoms with Crippen LogP contribution in [0.3, 0.4) is 0 Å². The number of nitrogens with zero attached hydrogens (tertiary/aromatic N) is 2. The van der Waals surface area contributed by atoms with Gasteiger partial charge in [-0.05, 0) is 55.0 Å². The smallest absolute Gasteiger partial charge is 0.255 e. The number of carbonyl (C=O) groups excluding carboxylic acids is 1. The van der Waals surface area contributed by atoms with E-state index in [4.69, 9.17) is 10.3 Å². The lowest BCUT2D eigenvalue weighted by atomic mass is 10.0. The number of anilines is 3. The highest BCUT2D eigenvalue weighted by Gasteiger charge is 2.15. The number of benzene rings is 2. The largest absolute Gasteiger partial charge is 0.367 e. The van der Waals surface area contributed by atoms with Gasteiger partial charge in [-0.1, -0.05) is 23.9 Å². The summed E-state index contributed by atoms with van der Waals surface area (Å²) in [5.41, 5.74) is 10.1. The molecule has 2 aromatic carbocycles. The summed E-state index contributed by atoms with van der Waals surface area (Å²) < 4.78 is 30.4. The number of nitrogens with two attached hydrogens (primary N) is 1. The molecule has 0 fully saturated rings. The molecule has 0 atom stereocenters. The highest BCUT2D eigenvalue weighted by atomic mass is 32.2. The normalized spacial score (nSPS) is 11.3. The molecule has 0 spiro atoms. The maximum atomic E-state index is 12.5. The first-order valence-electron chi connectivity index (χ1n) is 9.45. The summed E-state index contributed by atoms with van der Waals surface area (Å²) in [6.07, 6.45) is 0. The second-order valence-corrected chi connectivity index (χ2v) is 8.61. The number of aromatic nitrogens is 2. The minimum absolute atomic E-state index is 0.193. The van der Waals surface area contributed by atoms with Crippen molar-refractivity contribution in [2.45, 2.75) is 6.92 Å². The summed E-state index contributed by atoms with van der Waals surface area (Å²) in [7, 11) is -3.60. The number of pyridine rings is 1. The van der Waals surface area contributed by atoms with Crippen LogP contribution >= 0.6 is 0 Å². The zero-order chi connectivity index (χ0) is 22.9. The van der Waals surface area contributed by atoms with Crippen molar-refractivity contribution < 1.29 is 17.7 Å². The SMILES string of the molecule is C=CS(=O)(=O)Nc1ccc(C(=O)Nc2ccc(-c3cc(C)nc4noc(N)c34)cc2)cc1. The van der Waals surface area contributed by atoms with Gasteiger partial charge in [0, 0.05) is 33.6 Å². The number of carbonyl (C=O) groups is 1. The molecule has 0 aliphatic carbocycles. The van der Waals surface area contributed by atoms with Crippen LogP contribution in [0.15, 0.2) is 71.1 Å². The quantitative estimate of drug-likeness (QED) is 0.405. The predicted molar refractivity (Wildman–Crippen MR) is 124 cm³/mol. The number of hydrogen-bond acceptors (Lipinski definition) is 7. The Hall–Kier alpha value is -4.18. The van der Waals surface area contributed by atoms with Gasteiger partial charge in [0.15, 0.2) is 0 Å². The summed E-state index contributed by atoms with van der Waals surface area (Å²) in [6.45, 7) is 5.09. The predicted octanol–water partition coefficient (Wildman–Crippen LogP) is 3.92. The van der Waals surface area contributed by atoms with E-state index in [1.165, 1.54) is 24.3 Å². The summed E-state index contributed by atoms with van der Waals surface area (Å²) in [5, 5.41) is 8.14. The van der Waals surface area contributed by atoms with Crippen molar-refractivity contribution in [1.82, 2.24) is 10.1 Å². The number of nitrogens with one attached hydrogen (secondary N) is 2. The van der Waals surface area contributed by atoms with Crippen LogP contribution in [0.2, 0.25) is 0 Å².